The van der Waals surface area contributed by atoms with E-state index in [0.29, 0.717) is 68.2 Å². The number of aryl methyl sites for hydroxylation is 2. The number of aliphatic hydroxyl groups is 3. The molecule has 0 spiro atoms. The molecular formula is C81H87N4NaO9S. The molecule has 7 aromatic carbocycles. The van der Waals surface area contributed by atoms with Crippen molar-refractivity contribution in [3.63, 3.8) is 0 Å². The van der Waals surface area contributed by atoms with Crippen LogP contribution in [-0.2, 0) is 52.8 Å². The maximum atomic E-state index is 14.5. The molecule has 15 atom stereocenters. The Morgan fingerprint density at radius 2 is 1.67 bits per heavy atom. The number of ether oxygens (including phenoxy) is 2. The zero-order valence-corrected chi connectivity index (χ0v) is 58.1. The summed E-state index contributed by atoms with van der Waals surface area (Å²) in [4.78, 5) is 5.23. The fourth-order valence-corrected chi connectivity index (χ4v) is 20.1. The fraction of sp³-hybridized carbons (Fsp3) is 0.420. The minimum absolute atomic E-state index is 0. The van der Waals surface area contributed by atoms with Crippen molar-refractivity contribution in [2.45, 2.75) is 168 Å². The van der Waals surface area contributed by atoms with Crippen molar-refractivity contribution in [3.05, 3.63) is 229 Å². The number of nitrogens with two attached hydrogens (primary N) is 2. The third-order valence-corrected chi connectivity index (χ3v) is 24.7. The molecule has 492 valence electrons. The minimum Gasteiger partial charge on any atom is -0.748 e. The summed E-state index contributed by atoms with van der Waals surface area (Å²) in [6.07, 6.45) is 13.2. The molecule has 1 saturated heterocycles. The standard InChI is InChI=1S/C81H88N4O9S.Na/c1-47-16-17-55-39-64-26-31-66(55)71(47)42-73(95(90,91)92)72-41-59-37-58(40-65-34-49(46-86)11-6-13-53-38-63(87)25-30-69(53)78(59)93-65)74(72)51-18-23-61(24-19-51)81(94-64,85-79(82)83)44-62(33-48-9-4-3-5-10-48)80(89)32-8-15-57(43-80)52-21-28-68-54(35-52)22-27-67-60(45-84-2)36-56-14-7-12-50-20-29-70(77(68)88)76(67)75(50)56;/h3-5,7,9-10,12,14,18-21,23-26,28-31,35-36,38-39,41,47,49,57-58,62,65,70-74,77-78,84,86-89H,8,11,15-17,22,27,32-34,37,40,42-46H2,1-2H3,(H4,82,83,85)(H,90,91,92);/q;+1/p-1/t47-,49+,57+,58-,62-,65-,70-,71+,72-,73-,74+,77+,78-,80-,81-;/m1./s1. The van der Waals surface area contributed by atoms with Gasteiger partial charge in [0.2, 0.25) is 5.72 Å². The van der Waals surface area contributed by atoms with Crippen LogP contribution in [0.25, 0.3) is 16.8 Å². The second-order valence-electron chi connectivity index (χ2n) is 29.2. The monoisotopic (exact) mass is 1310 g/mol. The summed E-state index contributed by atoms with van der Waals surface area (Å²) in [5.41, 5.74) is 25.5. The van der Waals surface area contributed by atoms with Crippen molar-refractivity contribution in [2.24, 2.45) is 46.0 Å². The summed E-state index contributed by atoms with van der Waals surface area (Å²) in [5.74, 6) is 4.40. The Balaban J connectivity index is 0.00000792. The number of nitrogens with zero attached hydrogens (tertiary/aromatic N) is 1. The van der Waals surface area contributed by atoms with Gasteiger partial charge in [-0.25, -0.2) is 13.4 Å². The van der Waals surface area contributed by atoms with Crippen molar-refractivity contribution < 1.29 is 72.4 Å². The molecule has 10 bridgehead atoms. The predicted octanol–water partition coefficient (Wildman–Crippen LogP) is 9.97. The first-order chi connectivity index (χ1) is 45.9. The number of hydrogen-bond acceptors (Lipinski definition) is 11. The van der Waals surface area contributed by atoms with E-state index in [0.717, 1.165) is 88.7 Å². The molecule has 5 heterocycles. The number of phenolic OH excluding ortho intramolecular Hbond substituents is 1. The van der Waals surface area contributed by atoms with Crippen molar-refractivity contribution in [3.8, 4) is 23.3 Å². The van der Waals surface area contributed by atoms with Crippen LogP contribution in [0.1, 0.15) is 191 Å². The molecule has 17 rings (SSSR count). The number of aliphatic imine (C=N–C) groups is 1. The first-order valence-corrected chi connectivity index (χ1v) is 36.1. The molecule has 9 N–H and O–H groups in total. The van der Waals surface area contributed by atoms with Gasteiger partial charge in [-0.2, -0.15) is 0 Å². The van der Waals surface area contributed by atoms with Gasteiger partial charge in [0, 0.05) is 48.6 Å². The molecule has 15 heteroatoms. The first kappa shape index (κ1) is 66.6. The van der Waals surface area contributed by atoms with E-state index in [4.69, 9.17) is 25.9 Å². The van der Waals surface area contributed by atoms with Crippen LogP contribution >= 0.6 is 0 Å². The molecule has 0 amide bonds. The molecule has 5 aliphatic carbocycles. The van der Waals surface area contributed by atoms with E-state index in [-0.39, 0.29) is 102 Å². The number of allylic oxidation sites excluding steroid dienone is 1. The van der Waals surface area contributed by atoms with Crippen LogP contribution in [0.2, 0.25) is 0 Å². The van der Waals surface area contributed by atoms with E-state index < -0.39 is 56.7 Å². The van der Waals surface area contributed by atoms with Crippen molar-refractivity contribution >= 4 is 32.9 Å². The number of phenols is 1. The summed E-state index contributed by atoms with van der Waals surface area (Å²) >= 11 is 0. The van der Waals surface area contributed by atoms with Gasteiger partial charge in [-0.3, -0.25) is 0 Å². The molecule has 96 heavy (non-hydrogen) atoms. The summed E-state index contributed by atoms with van der Waals surface area (Å²) in [6, 6.07) is 45.0. The SMILES string of the molecule is CNCc1cc2cccc3c2c2c1CCc1cc([C@H]4CCC[C@](O)([C@H](Cc5ccccc5)C[C@@]5(N=C(N)N)Oc6ccc7c(c6)CC[C@@H](C)[C@@H]7C[C@@H](S(=O)(=O)[O-])[C@H]6C=C7C[C@H](C[C@H]8C[C@@H](CO)CC#Cc9cc(O)ccc9[C@@H]7O8)[C@@H]6c6ccc5cc6)C4)ccc1[C@H](O)[C@@H]2C=C3.[Na+]. The second kappa shape index (κ2) is 26.9. The maximum absolute atomic E-state index is 14.5. The van der Waals surface area contributed by atoms with Gasteiger partial charge < -0.3 is 51.2 Å². The van der Waals surface area contributed by atoms with Gasteiger partial charge in [0.05, 0.1) is 33.2 Å². The summed E-state index contributed by atoms with van der Waals surface area (Å²) in [6.45, 7) is 2.79. The summed E-state index contributed by atoms with van der Waals surface area (Å²) in [7, 11) is -2.98. The number of aromatic hydroxyl groups is 1. The molecule has 0 aromatic heterocycles. The molecule has 13 nitrogen and oxygen atoms in total. The fourth-order valence-electron chi connectivity index (χ4n) is 19.0. The van der Waals surface area contributed by atoms with E-state index >= 15 is 0 Å². The number of rotatable bonds is 11. The Morgan fingerprint density at radius 1 is 0.875 bits per heavy atom. The third kappa shape index (κ3) is 12.6. The van der Waals surface area contributed by atoms with Gasteiger partial charge in [0.25, 0.3) is 0 Å². The van der Waals surface area contributed by atoms with Crippen molar-refractivity contribution in [1.29, 1.82) is 0 Å². The first-order valence-electron chi connectivity index (χ1n) is 34.7. The molecule has 5 aliphatic heterocycles. The van der Waals surface area contributed by atoms with E-state index in [1.807, 2.05) is 73.8 Å². The average Bonchev–Trinajstić information content (AvgIpc) is 1.03. The predicted molar refractivity (Wildman–Crippen MR) is 370 cm³/mol. The number of guanidine groups is 1. The van der Waals surface area contributed by atoms with Crippen LogP contribution in [0.3, 0.4) is 0 Å². The smallest absolute Gasteiger partial charge is 0.748 e. The van der Waals surface area contributed by atoms with Crippen LogP contribution in [-0.4, -0.2) is 70.0 Å². The van der Waals surface area contributed by atoms with E-state index in [1.165, 1.54) is 33.0 Å². The number of hydrogen-bond donors (Lipinski definition) is 7. The van der Waals surface area contributed by atoms with Crippen molar-refractivity contribution in [1.82, 2.24) is 5.32 Å². The summed E-state index contributed by atoms with van der Waals surface area (Å²) in [5, 5.41) is 52.7. The number of nitrogens with one attached hydrogen (secondary N) is 1. The molecule has 0 unspecified atom stereocenters. The molecule has 0 radical (unpaired) electrons. The van der Waals surface area contributed by atoms with Gasteiger partial charge in [-0.15, -0.1) is 0 Å². The zero-order valence-electron chi connectivity index (χ0n) is 55.3. The number of benzene rings is 7. The van der Waals surface area contributed by atoms with E-state index in [1.54, 1.807) is 12.1 Å². The Hall–Kier alpha value is -6.58. The molecule has 7 aromatic rings. The van der Waals surface area contributed by atoms with E-state index in [2.05, 4.69) is 96.9 Å². The average molecular weight is 1320 g/mol. The zero-order chi connectivity index (χ0) is 65.5. The Bertz CT molecular complexity index is 4390. The maximum Gasteiger partial charge on any atom is 1.00 e. The van der Waals surface area contributed by atoms with Crippen LogP contribution in [0.15, 0.2) is 156 Å². The molecule has 2 fully saturated rings. The second-order valence-corrected chi connectivity index (χ2v) is 30.8. The van der Waals surface area contributed by atoms with E-state index in [9.17, 15) is 33.4 Å². The minimum atomic E-state index is -4.98. The van der Waals surface area contributed by atoms with Crippen LogP contribution < -0.4 is 51.1 Å². The van der Waals surface area contributed by atoms with Crippen LogP contribution in [0.4, 0.5) is 0 Å². The topological polar surface area (TPSA) is 233 Å². The quantitative estimate of drug-likeness (QED) is 0.0160. The normalized spacial score (nSPS) is 29.7. The Labute approximate surface area is 587 Å². The molecular weight excluding hydrogens is 1230 g/mol. The Morgan fingerprint density at radius 3 is 2.46 bits per heavy atom. The number of aliphatic hydroxyl groups excluding tert-OH is 2. The van der Waals surface area contributed by atoms with Gasteiger partial charge >= 0.3 is 29.6 Å². The summed E-state index contributed by atoms with van der Waals surface area (Å²) < 4.78 is 58.2. The van der Waals surface area contributed by atoms with Gasteiger partial charge in [0.1, 0.15) is 17.6 Å². The molecule has 10 aliphatic rings. The van der Waals surface area contributed by atoms with Crippen LogP contribution in [0, 0.1) is 41.4 Å². The molecule has 1 saturated carbocycles. The Kier molecular flexibility index (Phi) is 18.7. The largest absolute Gasteiger partial charge is 1.00 e. The van der Waals surface area contributed by atoms with Gasteiger partial charge in [-0.1, -0.05) is 140 Å². The van der Waals surface area contributed by atoms with Crippen LogP contribution in [0.5, 0.6) is 11.5 Å². The van der Waals surface area contributed by atoms with Gasteiger partial charge in [0.15, 0.2) is 5.96 Å². The third-order valence-electron chi connectivity index (χ3n) is 23.5. The van der Waals surface area contributed by atoms with Crippen molar-refractivity contribution in [2.75, 3.05) is 13.7 Å². The van der Waals surface area contributed by atoms with Gasteiger partial charge in [-0.05, 0) is 246 Å². The number of fused-ring (bicyclic) bond motifs is 9.